The highest BCUT2D eigenvalue weighted by atomic mass is 32.1. The van der Waals surface area contributed by atoms with Gasteiger partial charge in [-0.15, -0.1) is 0 Å². The Morgan fingerprint density at radius 1 is 1.50 bits per heavy atom. The van der Waals surface area contributed by atoms with E-state index in [9.17, 15) is 4.79 Å². The van der Waals surface area contributed by atoms with E-state index in [1.54, 1.807) is 9.25 Å². The van der Waals surface area contributed by atoms with Gasteiger partial charge in [0.2, 0.25) is 0 Å². The van der Waals surface area contributed by atoms with Crippen molar-refractivity contribution in [1.29, 1.82) is 0 Å². The van der Waals surface area contributed by atoms with Crippen molar-refractivity contribution >= 4 is 17.2 Å². The molecule has 88 valence electrons. The number of fused-ring (bicyclic) bond motifs is 1. The van der Waals surface area contributed by atoms with Crippen molar-refractivity contribution in [3.63, 3.8) is 0 Å². The zero-order chi connectivity index (χ0) is 11.5. The molecule has 0 aromatic carbocycles. The Balaban J connectivity index is 2.07. The van der Waals surface area contributed by atoms with E-state index in [4.69, 9.17) is 18.0 Å². The van der Waals surface area contributed by atoms with E-state index >= 15 is 0 Å². The maximum Gasteiger partial charge on any atom is 0.345 e. The molecule has 2 N–H and O–H groups in total. The third-order valence-corrected chi connectivity index (χ3v) is 3.03. The average molecular weight is 240 g/mol. The fourth-order valence-corrected chi connectivity index (χ4v) is 2.14. The lowest BCUT2D eigenvalue weighted by atomic mass is 10.2. The van der Waals surface area contributed by atoms with Crippen LogP contribution in [0.5, 0.6) is 0 Å². The van der Waals surface area contributed by atoms with Crippen molar-refractivity contribution in [2.75, 3.05) is 0 Å². The van der Waals surface area contributed by atoms with E-state index in [0.717, 1.165) is 38.1 Å². The Kier molecular flexibility index (Phi) is 3.38. The number of nitrogens with zero attached hydrogens (tertiary/aromatic N) is 3. The SMILES string of the molecule is NC(=S)CCCn1nc2n(c1=O)CCCC2. The predicted molar refractivity (Wildman–Crippen MR) is 65.4 cm³/mol. The van der Waals surface area contributed by atoms with Gasteiger partial charge in [-0.25, -0.2) is 9.48 Å². The van der Waals surface area contributed by atoms with E-state index in [-0.39, 0.29) is 5.69 Å². The van der Waals surface area contributed by atoms with Crippen LogP contribution in [0.15, 0.2) is 4.79 Å². The molecular weight excluding hydrogens is 224 g/mol. The van der Waals surface area contributed by atoms with Gasteiger partial charge in [-0.3, -0.25) is 4.57 Å². The molecule has 0 aliphatic carbocycles. The summed E-state index contributed by atoms with van der Waals surface area (Å²) in [5.41, 5.74) is 5.42. The summed E-state index contributed by atoms with van der Waals surface area (Å²) in [6.45, 7) is 1.42. The van der Waals surface area contributed by atoms with Crippen molar-refractivity contribution in [2.24, 2.45) is 5.73 Å². The van der Waals surface area contributed by atoms with E-state index in [1.165, 1.54) is 0 Å². The zero-order valence-corrected chi connectivity index (χ0v) is 10.0. The summed E-state index contributed by atoms with van der Waals surface area (Å²) in [6.07, 6.45) is 4.57. The third kappa shape index (κ3) is 2.32. The molecule has 0 saturated heterocycles. The van der Waals surface area contributed by atoms with Crippen molar-refractivity contribution in [2.45, 2.75) is 45.2 Å². The van der Waals surface area contributed by atoms with Crippen molar-refractivity contribution in [3.05, 3.63) is 16.3 Å². The Bertz CT molecular complexity index is 448. The first-order valence-corrected chi connectivity index (χ1v) is 6.04. The third-order valence-electron chi connectivity index (χ3n) is 2.82. The van der Waals surface area contributed by atoms with Gasteiger partial charge in [0.25, 0.3) is 0 Å². The Hall–Kier alpha value is -1.17. The maximum absolute atomic E-state index is 11.9. The minimum Gasteiger partial charge on any atom is -0.393 e. The molecule has 2 rings (SSSR count). The summed E-state index contributed by atoms with van der Waals surface area (Å²) in [5.74, 6) is 0.923. The monoisotopic (exact) mass is 240 g/mol. The minimum absolute atomic E-state index is 0.0117. The predicted octanol–water partition coefficient (Wildman–Crippen LogP) is 0.447. The normalized spacial score (nSPS) is 14.8. The molecule has 6 heteroatoms. The first-order valence-electron chi connectivity index (χ1n) is 5.63. The first-order chi connectivity index (χ1) is 7.68. The number of hydrogen-bond donors (Lipinski definition) is 1. The fraction of sp³-hybridized carbons (Fsp3) is 0.700. The number of rotatable bonds is 4. The highest BCUT2D eigenvalue weighted by Gasteiger charge is 2.15. The standard InChI is InChI=1S/C10H16N4OS/c11-8(16)4-3-7-14-10(15)13-6-2-1-5-9(13)12-14/h1-7H2,(H2,11,16). The number of hydrogen-bond acceptors (Lipinski definition) is 3. The summed E-state index contributed by atoms with van der Waals surface area (Å²) < 4.78 is 3.32. The second-order valence-electron chi connectivity index (χ2n) is 4.10. The Morgan fingerprint density at radius 2 is 2.31 bits per heavy atom. The molecule has 0 amide bonds. The van der Waals surface area contributed by atoms with Gasteiger partial charge < -0.3 is 5.73 Å². The van der Waals surface area contributed by atoms with Crippen LogP contribution in [0.2, 0.25) is 0 Å². The summed E-state index contributed by atoms with van der Waals surface area (Å²) >= 11 is 4.80. The molecule has 2 heterocycles. The number of aryl methyl sites for hydroxylation is 2. The van der Waals surface area contributed by atoms with Crippen molar-refractivity contribution in [1.82, 2.24) is 14.3 Å². The van der Waals surface area contributed by atoms with E-state index in [2.05, 4.69) is 5.10 Å². The largest absolute Gasteiger partial charge is 0.393 e. The second-order valence-corrected chi connectivity index (χ2v) is 4.62. The van der Waals surface area contributed by atoms with Gasteiger partial charge in [0.05, 0.1) is 4.99 Å². The van der Waals surface area contributed by atoms with Crippen LogP contribution in [0.3, 0.4) is 0 Å². The molecule has 1 aliphatic heterocycles. The van der Waals surface area contributed by atoms with Gasteiger partial charge in [0, 0.05) is 19.5 Å². The topological polar surface area (TPSA) is 65.8 Å². The van der Waals surface area contributed by atoms with Gasteiger partial charge in [-0.05, 0) is 25.7 Å². The molecular formula is C10H16N4OS. The molecule has 0 bridgehead atoms. The highest BCUT2D eigenvalue weighted by molar-refractivity contribution is 7.80. The molecule has 1 aliphatic rings. The van der Waals surface area contributed by atoms with Crippen molar-refractivity contribution < 1.29 is 0 Å². The maximum atomic E-state index is 11.9. The molecule has 0 saturated carbocycles. The van der Waals surface area contributed by atoms with Gasteiger partial charge >= 0.3 is 5.69 Å². The molecule has 0 spiro atoms. The van der Waals surface area contributed by atoms with E-state index in [1.807, 2.05) is 0 Å². The lowest BCUT2D eigenvalue weighted by Crippen LogP contribution is -2.27. The van der Waals surface area contributed by atoms with Gasteiger partial charge in [0.15, 0.2) is 0 Å². The summed E-state index contributed by atoms with van der Waals surface area (Å²) in [6, 6.07) is 0. The van der Waals surface area contributed by atoms with Crippen LogP contribution < -0.4 is 11.4 Å². The van der Waals surface area contributed by atoms with Crippen molar-refractivity contribution in [3.8, 4) is 0 Å². The average Bonchev–Trinajstić information content (AvgIpc) is 2.56. The van der Waals surface area contributed by atoms with E-state index in [0.29, 0.717) is 18.0 Å². The van der Waals surface area contributed by atoms with E-state index < -0.39 is 0 Å². The number of thiocarbonyl (C=S) groups is 1. The van der Waals surface area contributed by atoms with Gasteiger partial charge in [-0.2, -0.15) is 5.10 Å². The van der Waals surface area contributed by atoms with Crippen LogP contribution in [0.25, 0.3) is 0 Å². The molecule has 5 nitrogen and oxygen atoms in total. The lowest BCUT2D eigenvalue weighted by molar-refractivity contribution is 0.510. The molecule has 0 fully saturated rings. The quantitative estimate of drug-likeness (QED) is 0.776. The molecule has 0 atom stereocenters. The first kappa shape index (κ1) is 11.3. The molecule has 16 heavy (non-hydrogen) atoms. The summed E-state index contributed by atoms with van der Waals surface area (Å²) in [4.78, 5) is 12.4. The van der Waals surface area contributed by atoms with Crippen LogP contribution >= 0.6 is 12.2 Å². The fourth-order valence-electron chi connectivity index (χ4n) is 2.00. The van der Waals surface area contributed by atoms with Crippen LogP contribution in [-0.2, 0) is 19.5 Å². The Labute approximate surface area is 99.2 Å². The zero-order valence-electron chi connectivity index (χ0n) is 9.19. The summed E-state index contributed by atoms with van der Waals surface area (Å²) in [5, 5.41) is 4.33. The van der Waals surface area contributed by atoms with Gasteiger partial charge in [0.1, 0.15) is 5.82 Å². The van der Waals surface area contributed by atoms with Gasteiger partial charge in [-0.1, -0.05) is 12.2 Å². The Morgan fingerprint density at radius 3 is 3.00 bits per heavy atom. The van der Waals surface area contributed by atoms with Crippen LogP contribution in [0, 0.1) is 0 Å². The highest BCUT2D eigenvalue weighted by Crippen LogP contribution is 2.09. The van der Waals surface area contributed by atoms with Crippen LogP contribution in [0.4, 0.5) is 0 Å². The number of nitrogens with two attached hydrogens (primary N) is 1. The smallest absolute Gasteiger partial charge is 0.345 e. The molecule has 0 unspecified atom stereocenters. The second kappa shape index (κ2) is 4.78. The van der Waals surface area contributed by atoms with Crippen LogP contribution in [0.1, 0.15) is 31.5 Å². The molecule has 0 radical (unpaired) electrons. The number of aromatic nitrogens is 3. The summed E-state index contributed by atoms with van der Waals surface area (Å²) in [7, 11) is 0. The van der Waals surface area contributed by atoms with Crippen LogP contribution in [-0.4, -0.2) is 19.3 Å². The lowest BCUT2D eigenvalue weighted by Gasteiger charge is -2.09. The molecule has 1 aromatic rings. The molecule has 1 aromatic heterocycles. The minimum atomic E-state index is 0.0117.